The Bertz CT molecular complexity index is 1610. The minimum absolute atomic E-state index is 0.0970. The quantitative estimate of drug-likeness (QED) is 0.281. The van der Waals surface area contributed by atoms with Gasteiger partial charge in [-0.1, -0.05) is 6.92 Å². The molecule has 238 valence electrons. The largest absolute Gasteiger partial charge is 0.463 e. The van der Waals surface area contributed by atoms with Gasteiger partial charge in [-0.25, -0.2) is 17.6 Å². The molecule has 7 nitrogen and oxygen atoms in total. The molecule has 14 heteroatoms. The summed E-state index contributed by atoms with van der Waals surface area (Å²) in [5, 5.41) is 3.34. The van der Waals surface area contributed by atoms with Crippen LogP contribution in [-0.4, -0.2) is 73.0 Å². The highest BCUT2D eigenvalue weighted by Gasteiger charge is 2.42. The number of rotatable bonds is 5. The first-order valence-corrected chi connectivity index (χ1v) is 14.5. The number of piperazine rings is 1. The van der Waals surface area contributed by atoms with Gasteiger partial charge in [-0.05, 0) is 50.9 Å². The molecule has 0 amide bonds. The molecule has 2 aromatic carbocycles. The maximum absolute atomic E-state index is 16.4. The molecular weight excluding hydrogens is 593 g/mol. The van der Waals surface area contributed by atoms with E-state index in [4.69, 9.17) is 10.5 Å². The van der Waals surface area contributed by atoms with Crippen molar-refractivity contribution in [3.05, 3.63) is 40.7 Å². The van der Waals surface area contributed by atoms with Gasteiger partial charge in [0.1, 0.15) is 29.9 Å². The number of nitrogens with zero attached hydrogens (tertiary/aromatic N) is 4. The average Bonchev–Trinajstić information content (AvgIpc) is 3.28. The highest BCUT2D eigenvalue weighted by molar-refractivity contribution is 5.94. The van der Waals surface area contributed by atoms with E-state index in [-0.39, 0.29) is 42.3 Å². The van der Waals surface area contributed by atoms with E-state index < -0.39 is 68.7 Å². The first kappa shape index (κ1) is 30.6. The Morgan fingerprint density at radius 2 is 1.73 bits per heavy atom. The van der Waals surface area contributed by atoms with Crippen LogP contribution in [0.25, 0.3) is 22.0 Å². The van der Waals surface area contributed by atoms with E-state index >= 15 is 17.6 Å². The first-order valence-electron chi connectivity index (χ1n) is 14.5. The van der Waals surface area contributed by atoms with Crippen molar-refractivity contribution in [2.45, 2.75) is 57.5 Å². The van der Waals surface area contributed by atoms with Crippen LogP contribution in [0.2, 0.25) is 0 Å². The third kappa shape index (κ3) is 5.29. The molecule has 3 aromatic rings. The topological polar surface area (TPSA) is 79.5 Å². The molecule has 1 aromatic heterocycles. The highest BCUT2D eigenvalue weighted by Crippen LogP contribution is 2.46. The number of hydrogen-bond donors (Lipinski definition) is 2. The Kier molecular flexibility index (Phi) is 7.59. The van der Waals surface area contributed by atoms with Crippen molar-refractivity contribution in [2.24, 2.45) is 5.41 Å². The first-order chi connectivity index (χ1) is 20.7. The second-order valence-electron chi connectivity index (χ2n) is 12.6. The van der Waals surface area contributed by atoms with Gasteiger partial charge in [0.05, 0.1) is 16.8 Å². The van der Waals surface area contributed by atoms with Crippen LogP contribution in [0.1, 0.15) is 37.3 Å². The van der Waals surface area contributed by atoms with Crippen molar-refractivity contribution in [3.8, 4) is 17.1 Å². The van der Waals surface area contributed by atoms with Crippen LogP contribution in [0, 0.1) is 29.8 Å². The average molecular weight is 627 g/mol. The van der Waals surface area contributed by atoms with Crippen molar-refractivity contribution >= 4 is 22.4 Å². The number of hydrogen-bond acceptors (Lipinski definition) is 7. The van der Waals surface area contributed by atoms with Crippen LogP contribution in [-0.2, 0) is 6.18 Å². The van der Waals surface area contributed by atoms with Gasteiger partial charge in [0.2, 0.25) is 0 Å². The summed E-state index contributed by atoms with van der Waals surface area (Å²) in [7, 11) is 1.85. The number of ether oxygens (including phenoxy) is 1. The smallest absolute Gasteiger partial charge is 0.417 e. The number of benzene rings is 2. The molecule has 4 heterocycles. The third-order valence-electron chi connectivity index (χ3n) is 9.06. The molecule has 0 spiro atoms. The number of alkyl halides is 4. The van der Waals surface area contributed by atoms with E-state index in [1.165, 1.54) is 0 Å². The SMILES string of the molecule is Cc1cc(N)c(F)c(-c2c(F)cc3c(N4C[C@H]5CC[C@@H](C4)N5)nc(OC[C@@]4(C)CN(C)CC[C@H]4F)nc3c2F)c1C(F)(F)F. The van der Waals surface area contributed by atoms with Crippen LogP contribution in [0.4, 0.5) is 42.2 Å². The Hall–Kier alpha value is -3.39. The fraction of sp³-hybridized carbons (Fsp3) is 0.533. The van der Waals surface area contributed by atoms with E-state index in [0.717, 1.165) is 31.9 Å². The van der Waals surface area contributed by atoms with Crippen molar-refractivity contribution in [3.63, 3.8) is 0 Å². The zero-order valence-electron chi connectivity index (χ0n) is 24.5. The van der Waals surface area contributed by atoms with E-state index in [1.807, 2.05) is 16.8 Å². The van der Waals surface area contributed by atoms with E-state index in [1.54, 1.807) is 6.92 Å². The normalized spacial score (nSPS) is 26.0. The number of aromatic nitrogens is 2. The lowest BCUT2D eigenvalue weighted by atomic mass is 9.81. The molecule has 3 aliphatic rings. The number of piperidine rings is 1. The number of nitrogens with two attached hydrogens (primary N) is 1. The number of nitrogens with one attached hydrogen (secondary N) is 1. The fourth-order valence-electron chi connectivity index (χ4n) is 6.93. The highest BCUT2D eigenvalue weighted by atomic mass is 19.4. The summed E-state index contributed by atoms with van der Waals surface area (Å²) in [6, 6.07) is 1.44. The standard InChI is InChI=1S/C30H33F7N6O/c1-14-8-19(38)24(33)22(23(14)30(35,36)37)21-18(31)9-17-26(25(21)34)40-28(44-13-29(2)12-42(3)7-6-20(29)32)41-27(17)43-10-15-4-5-16(11-43)39-15/h8-9,15-16,20,39H,4-7,10-13,38H2,1-3H3/t15-,16+,20-,29-/m1/s1. The molecule has 0 unspecified atom stereocenters. The Morgan fingerprint density at radius 1 is 1.05 bits per heavy atom. The van der Waals surface area contributed by atoms with E-state index in [0.29, 0.717) is 26.2 Å². The molecule has 3 N–H and O–H groups in total. The van der Waals surface area contributed by atoms with Crippen molar-refractivity contribution in [1.29, 1.82) is 0 Å². The lowest BCUT2D eigenvalue weighted by Crippen LogP contribution is -2.51. The summed E-state index contributed by atoms with van der Waals surface area (Å²) >= 11 is 0. The summed E-state index contributed by atoms with van der Waals surface area (Å²) in [6.07, 6.45) is -4.29. The Labute approximate surface area is 249 Å². The molecule has 3 fully saturated rings. The van der Waals surface area contributed by atoms with Crippen molar-refractivity contribution in [2.75, 3.05) is 50.5 Å². The lowest BCUT2D eigenvalue weighted by molar-refractivity contribution is -0.137. The predicted molar refractivity (Wildman–Crippen MR) is 152 cm³/mol. The molecule has 2 bridgehead atoms. The Balaban J connectivity index is 1.53. The zero-order valence-corrected chi connectivity index (χ0v) is 24.5. The number of aryl methyl sites for hydroxylation is 1. The van der Waals surface area contributed by atoms with Crippen LogP contribution in [0.3, 0.4) is 0 Å². The molecule has 0 saturated carbocycles. The zero-order chi connectivity index (χ0) is 31.7. The molecule has 3 saturated heterocycles. The van der Waals surface area contributed by atoms with E-state index in [2.05, 4.69) is 15.3 Å². The van der Waals surface area contributed by atoms with Crippen LogP contribution >= 0.6 is 0 Å². The minimum Gasteiger partial charge on any atom is -0.463 e. The van der Waals surface area contributed by atoms with Crippen LogP contribution < -0.4 is 20.7 Å². The number of anilines is 2. The molecule has 3 aliphatic heterocycles. The number of fused-ring (bicyclic) bond motifs is 3. The van der Waals surface area contributed by atoms with Gasteiger partial charge in [0, 0.05) is 54.6 Å². The lowest BCUT2D eigenvalue weighted by Gasteiger charge is -2.40. The molecule has 4 atom stereocenters. The van der Waals surface area contributed by atoms with Gasteiger partial charge >= 0.3 is 12.2 Å². The molecule has 0 aliphatic carbocycles. The fourth-order valence-corrected chi connectivity index (χ4v) is 6.93. The maximum atomic E-state index is 16.4. The van der Waals surface area contributed by atoms with Crippen molar-refractivity contribution in [1.82, 2.24) is 20.2 Å². The number of likely N-dealkylation sites (tertiary alicyclic amines) is 1. The van der Waals surface area contributed by atoms with Gasteiger partial charge < -0.3 is 25.6 Å². The monoisotopic (exact) mass is 626 g/mol. The predicted octanol–water partition coefficient (Wildman–Crippen LogP) is 5.62. The van der Waals surface area contributed by atoms with Crippen LogP contribution in [0.15, 0.2) is 12.1 Å². The summed E-state index contributed by atoms with van der Waals surface area (Å²) in [5.41, 5.74) is -1.21. The van der Waals surface area contributed by atoms with Crippen LogP contribution in [0.5, 0.6) is 6.01 Å². The minimum atomic E-state index is -5.15. The van der Waals surface area contributed by atoms with Gasteiger partial charge in [-0.2, -0.15) is 23.1 Å². The van der Waals surface area contributed by atoms with Gasteiger partial charge in [-0.15, -0.1) is 0 Å². The van der Waals surface area contributed by atoms with Gasteiger partial charge in [0.25, 0.3) is 0 Å². The Morgan fingerprint density at radius 3 is 2.39 bits per heavy atom. The summed E-state index contributed by atoms with van der Waals surface area (Å²) in [6.45, 7) is 4.40. The second kappa shape index (κ2) is 10.9. The van der Waals surface area contributed by atoms with E-state index in [9.17, 15) is 13.2 Å². The summed E-state index contributed by atoms with van der Waals surface area (Å²) < 4.78 is 111. The molecular formula is C30H33F7N6O. The third-order valence-corrected chi connectivity index (χ3v) is 9.06. The van der Waals surface area contributed by atoms with Gasteiger partial charge in [-0.3, -0.25) is 0 Å². The van der Waals surface area contributed by atoms with Crippen molar-refractivity contribution < 1.29 is 35.5 Å². The summed E-state index contributed by atoms with van der Waals surface area (Å²) in [5.74, 6) is -4.43. The number of halogens is 7. The van der Waals surface area contributed by atoms with Gasteiger partial charge in [0.15, 0.2) is 11.6 Å². The number of nitrogen functional groups attached to an aromatic ring is 1. The molecule has 44 heavy (non-hydrogen) atoms. The summed E-state index contributed by atoms with van der Waals surface area (Å²) in [4.78, 5) is 12.4. The molecule has 0 radical (unpaired) electrons. The maximum Gasteiger partial charge on any atom is 0.417 e. The second-order valence-corrected chi connectivity index (χ2v) is 12.6. The molecule has 6 rings (SSSR count).